The highest BCUT2D eigenvalue weighted by atomic mass is 19.1. The second-order valence-corrected chi connectivity index (χ2v) is 5.82. The van der Waals surface area contributed by atoms with Gasteiger partial charge in [-0.15, -0.1) is 0 Å². The van der Waals surface area contributed by atoms with E-state index in [1.165, 1.54) is 6.07 Å². The monoisotopic (exact) mass is 363 g/mol. The average molecular weight is 363 g/mol. The molecule has 0 spiro atoms. The molecule has 0 aliphatic heterocycles. The Bertz CT molecular complexity index is 755. The van der Waals surface area contributed by atoms with Crippen molar-refractivity contribution in [3.63, 3.8) is 0 Å². The summed E-state index contributed by atoms with van der Waals surface area (Å²) in [6, 6.07) is 10.4. The molecule has 0 saturated heterocycles. The first-order valence-electron chi connectivity index (χ1n) is 7.99. The number of carbonyl (C=O) groups is 2. The SMILES string of the molecule is CC(C)c1ccc(OCC(=O)OCC(=O)Nc2c(F)cccc2F)cc1. The van der Waals surface area contributed by atoms with Crippen LogP contribution in [0.15, 0.2) is 42.5 Å². The van der Waals surface area contributed by atoms with E-state index < -0.39 is 35.8 Å². The number of ether oxygens (including phenoxy) is 2. The Morgan fingerprint density at radius 2 is 1.62 bits per heavy atom. The predicted molar refractivity (Wildman–Crippen MR) is 92.0 cm³/mol. The van der Waals surface area contributed by atoms with Crippen LogP contribution in [-0.2, 0) is 14.3 Å². The molecule has 0 saturated carbocycles. The Kier molecular flexibility index (Phi) is 6.66. The van der Waals surface area contributed by atoms with Crippen LogP contribution in [-0.4, -0.2) is 25.1 Å². The predicted octanol–water partition coefficient (Wildman–Crippen LogP) is 3.65. The number of amides is 1. The molecule has 2 aromatic rings. The second kappa shape index (κ2) is 8.94. The van der Waals surface area contributed by atoms with Crippen LogP contribution in [0.5, 0.6) is 5.75 Å². The molecule has 0 unspecified atom stereocenters. The number of nitrogens with one attached hydrogen (secondary N) is 1. The van der Waals surface area contributed by atoms with Gasteiger partial charge in [-0.05, 0) is 35.7 Å². The third-order valence-corrected chi connectivity index (χ3v) is 3.49. The van der Waals surface area contributed by atoms with Crippen molar-refractivity contribution < 1.29 is 27.8 Å². The fourth-order valence-corrected chi connectivity index (χ4v) is 2.07. The summed E-state index contributed by atoms with van der Waals surface area (Å²) in [5.74, 6) is -2.60. The molecule has 0 heterocycles. The van der Waals surface area contributed by atoms with Crippen LogP contribution >= 0.6 is 0 Å². The topological polar surface area (TPSA) is 64.6 Å². The number of hydrogen-bond acceptors (Lipinski definition) is 4. The van der Waals surface area contributed by atoms with E-state index in [1.807, 2.05) is 17.4 Å². The lowest BCUT2D eigenvalue weighted by atomic mass is 10.0. The lowest BCUT2D eigenvalue weighted by Crippen LogP contribution is -2.24. The number of carbonyl (C=O) groups excluding carboxylic acids is 2. The molecule has 0 fully saturated rings. The van der Waals surface area contributed by atoms with Crippen LogP contribution in [0.4, 0.5) is 14.5 Å². The van der Waals surface area contributed by atoms with Crippen LogP contribution in [0.1, 0.15) is 25.3 Å². The first-order valence-corrected chi connectivity index (χ1v) is 7.99. The van der Waals surface area contributed by atoms with Crippen LogP contribution in [0.25, 0.3) is 0 Å². The molecular formula is C19H19F2NO4. The third-order valence-electron chi connectivity index (χ3n) is 3.49. The molecule has 138 valence electrons. The quantitative estimate of drug-likeness (QED) is 0.763. The minimum Gasteiger partial charge on any atom is -0.482 e. The zero-order valence-corrected chi connectivity index (χ0v) is 14.4. The first kappa shape index (κ1) is 19.4. The molecule has 0 atom stereocenters. The number of rotatable bonds is 7. The van der Waals surface area contributed by atoms with Gasteiger partial charge >= 0.3 is 5.97 Å². The van der Waals surface area contributed by atoms with Gasteiger partial charge in [-0.3, -0.25) is 4.79 Å². The van der Waals surface area contributed by atoms with Crippen molar-refractivity contribution in [3.05, 3.63) is 59.7 Å². The molecule has 0 aliphatic rings. The molecule has 1 amide bonds. The Labute approximate surface area is 149 Å². The van der Waals surface area contributed by atoms with Crippen molar-refractivity contribution >= 4 is 17.6 Å². The minimum absolute atomic E-state index is 0.381. The first-order chi connectivity index (χ1) is 12.4. The minimum atomic E-state index is -0.919. The summed E-state index contributed by atoms with van der Waals surface area (Å²) in [6.07, 6.45) is 0. The number of benzene rings is 2. The highest BCUT2D eigenvalue weighted by Crippen LogP contribution is 2.19. The fraction of sp³-hybridized carbons (Fsp3) is 0.263. The van der Waals surface area contributed by atoms with Crippen LogP contribution in [0, 0.1) is 11.6 Å². The molecule has 7 heteroatoms. The zero-order valence-electron chi connectivity index (χ0n) is 14.4. The molecule has 5 nitrogen and oxygen atoms in total. The molecule has 1 N–H and O–H groups in total. The van der Waals surface area contributed by atoms with E-state index >= 15 is 0 Å². The average Bonchev–Trinajstić information content (AvgIpc) is 2.61. The normalized spacial score (nSPS) is 10.5. The van der Waals surface area contributed by atoms with Crippen molar-refractivity contribution in [3.8, 4) is 5.75 Å². The summed E-state index contributed by atoms with van der Waals surface area (Å²) < 4.78 is 36.8. The van der Waals surface area contributed by atoms with Crippen LogP contribution in [0.3, 0.4) is 0 Å². The van der Waals surface area contributed by atoms with Crippen molar-refractivity contribution in [2.75, 3.05) is 18.5 Å². The number of esters is 1. The summed E-state index contributed by atoms with van der Waals surface area (Å²) in [5, 5.41) is 2.02. The van der Waals surface area contributed by atoms with Gasteiger partial charge in [0.25, 0.3) is 5.91 Å². The summed E-state index contributed by atoms with van der Waals surface area (Å²) in [6.45, 7) is 3.06. The third kappa shape index (κ3) is 5.54. The van der Waals surface area contributed by atoms with Gasteiger partial charge in [0.1, 0.15) is 23.1 Å². The standard InChI is InChI=1S/C19H19F2NO4/c1-12(2)13-6-8-14(9-7-13)25-11-18(24)26-10-17(23)22-19-15(20)4-3-5-16(19)21/h3-9,12H,10-11H2,1-2H3,(H,22,23). The van der Waals surface area contributed by atoms with Gasteiger partial charge in [-0.2, -0.15) is 0 Å². The Balaban J connectivity index is 1.77. The van der Waals surface area contributed by atoms with E-state index in [0.29, 0.717) is 11.7 Å². The van der Waals surface area contributed by atoms with Crippen molar-refractivity contribution in [1.82, 2.24) is 0 Å². The molecule has 0 bridgehead atoms. The maximum Gasteiger partial charge on any atom is 0.344 e. The van der Waals surface area contributed by atoms with Crippen LogP contribution in [0.2, 0.25) is 0 Å². The van der Waals surface area contributed by atoms with Gasteiger partial charge in [-0.1, -0.05) is 32.0 Å². The van der Waals surface area contributed by atoms with E-state index in [0.717, 1.165) is 17.7 Å². The molecule has 0 radical (unpaired) electrons. The Morgan fingerprint density at radius 1 is 1.00 bits per heavy atom. The van der Waals surface area contributed by atoms with E-state index in [9.17, 15) is 18.4 Å². The van der Waals surface area contributed by atoms with Gasteiger partial charge in [0.2, 0.25) is 0 Å². The lowest BCUT2D eigenvalue weighted by Gasteiger charge is -2.10. The molecule has 2 rings (SSSR count). The maximum absolute atomic E-state index is 13.4. The van der Waals surface area contributed by atoms with Crippen molar-refractivity contribution in [2.24, 2.45) is 0 Å². The Hall–Kier alpha value is -2.96. The van der Waals surface area contributed by atoms with E-state index in [1.54, 1.807) is 12.1 Å². The number of para-hydroxylation sites is 1. The van der Waals surface area contributed by atoms with Crippen molar-refractivity contribution in [1.29, 1.82) is 0 Å². The van der Waals surface area contributed by atoms with Gasteiger partial charge in [0, 0.05) is 0 Å². The number of anilines is 1. The van der Waals surface area contributed by atoms with Gasteiger partial charge in [-0.25, -0.2) is 13.6 Å². The largest absolute Gasteiger partial charge is 0.482 e. The number of hydrogen-bond donors (Lipinski definition) is 1. The van der Waals surface area contributed by atoms with Gasteiger partial charge in [0.05, 0.1) is 0 Å². The summed E-state index contributed by atoms with van der Waals surface area (Å²) >= 11 is 0. The van der Waals surface area contributed by atoms with Gasteiger partial charge in [0.15, 0.2) is 13.2 Å². The fourth-order valence-electron chi connectivity index (χ4n) is 2.07. The van der Waals surface area contributed by atoms with Crippen molar-refractivity contribution in [2.45, 2.75) is 19.8 Å². The molecule has 0 aliphatic carbocycles. The molecule has 2 aromatic carbocycles. The lowest BCUT2D eigenvalue weighted by molar-refractivity contribution is -0.149. The van der Waals surface area contributed by atoms with E-state index in [4.69, 9.17) is 9.47 Å². The van der Waals surface area contributed by atoms with E-state index in [-0.39, 0.29) is 6.61 Å². The molecule has 26 heavy (non-hydrogen) atoms. The van der Waals surface area contributed by atoms with E-state index in [2.05, 4.69) is 13.8 Å². The van der Waals surface area contributed by atoms with Crippen LogP contribution < -0.4 is 10.1 Å². The molecule has 0 aromatic heterocycles. The summed E-state index contributed by atoms with van der Waals surface area (Å²) in [5.41, 5.74) is 0.548. The highest BCUT2D eigenvalue weighted by molar-refractivity contribution is 5.93. The summed E-state index contributed by atoms with van der Waals surface area (Å²) in [4.78, 5) is 23.2. The second-order valence-electron chi connectivity index (χ2n) is 5.82. The highest BCUT2D eigenvalue weighted by Gasteiger charge is 2.14. The van der Waals surface area contributed by atoms with Gasteiger partial charge < -0.3 is 14.8 Å². The number of halogens is 2. The smallest absolute Gasteiger partial charge is 0.344 e. The summed E-state index contributed by atoms with van der Waals surface area (Å²) in [7, 11) is 0. The molecular weight excluding hydrogens is 344 g/mol. The Morgan fingerprint density at radius 3 is 2.19 bits per heavy atom. The maximum atomic E-state index is 13.4. The zero-order chi connectivity index (χ0) is 19.1.